The fourth-order valence-electron chi connectivity index (χ4n) is 2.09. The Morgan fingerprint density at radius 2 is 1.75 bits per heavy atom. The molecule has 0 spiro atoms. The molecule has 0 atom stereocenters. The Hall–Kier alpha value is -0.945. The van der Waals surface area contributed by atoms with Gasteiger partial charge in [-0.2, -0.15) is 13.2 Å². The molecule has 0 unspecified atom stereocenters. The first-order valence-electron chi connectivity index (χ1n) is 6.55. The minimum Gasteiger partial charge on any atom is -0.399 e. The van der Waals surface area contributed by atoms with E-state index in [0.717, 1.165) is 0 Å². The number of hydrogen-bond donors (Lipinski definition) is 0. The van der Waals surface area contributed by atoms with Crippen LogP contribution in [0.5, 0.6) is 0 Å². The average Bonchev–Trinajstić information content (AvgIpc) is 2.46. The van der Waals surface area contributed by atoms with Crippen molar-refractivity contribution >= 4 is 7.12 Å². The van der Waals surface area contributed by atoms with E-state index in [1.54, 1.807) is 12.2 Å². The summed E-state index contributed by atoms with van der Waals surface area (Å²) in [5.74, 6) is 0. The molecule has 0 radical (unpaired) electrons. The molecule has 0 aliphatic carbocycles. The molecule has 112 valence electrons. The van der Waals surface area contributed by atoms with Crippen LogP contribution in [0.2, 0.25) is 0 Å². The van der Waals surface area contributed by atoms with Crippen LogP contribution in [-0.4, -0.2) is 42.5 Å². The molecule has 1 fully saturated rings. The maximum atomic E-state index is 12.4. The Morgan fingerprint density at radius 1 is 1.20 bits per heavy atom. The molecule has 2 heterocycles. The molecular formula is C13H19BF3NO2. The Kier molecular flexibility index (Phi) is 3.71. The third kappa shape index (κ3) is 3.20. The van der Waals surface area contributed by atoms with Crippen LogP contribution < -0.4 is 0 Å². The van der Waals surface area contributed by atoms with Crippen molar-refractivity contribution in [1.82, 2.24) is 4.90 Å². The lowest BCUT2D eigenvalue weighted by Gasteiger charge is -2.32. The van der Waals surface area contributed by atoms with E-state index >= 15 is 0 Å². The van der Waals surface area contributed by atoms with E-state index in [0.29, 0.717) is 5.47 Å². The van der Waals surface area contributed by atoms with Gasteiger partial charge in [-0.3, -0.25) is 0 Å². The minimum atomic E-state index is -4.22. The second-order valence-corrected chi connectivity index (χ2v) is 6.16. The maximum absolute atomic E-state index is 12.4. The summed E-state index contributed by atoms with van der Waals surface area (Å²) >= 11 is 0. The fourth-order valence-corrected chi connectivity index (χ4v) is 2.09. The molecule has 0 bridgehead atoms. The van der Waals surface area contributed by atoms with Crippen molar-refractivity contribution in [3.05, 3.63) is 23.8 Å². The van der Waals surface area contributed by atoms with Crippen molar-refractivity contribution in [3.8, 4) is 0 Å². The predicted molar refractivity (Wildman–Crippen MR) is 70.9 cm³/mol. The Balaban J connectivity index is 2.12. The second kappa shape index (κ2) is 4.81. The normalized spacial score (nSPS) is 25.1. The first-order valence-corrected chi connectivity index (χ1v) is 6.55. The standard InChI is InChI=1S/C13H19BF3NO2/c1-11(2)12(3,4)20-14(19-11)10-6-5-7-18(8-10)9-13(15,16)17/h5-6,8H,7,9H2,1-4H3. The molecule has 3 nitrogen and oxygen atoms in total. The number of hydrogen-bond acceptors (Lipinski definition) is 3. The SMILES string of the molecule is CC1(C)OB(C2=CN(CC(F)(F)F)CC=C2)OC1(C)C. The molecule has 0 aromatic carbocycles. The highest BCUT2D eigenvalue weighted by atomic mass is 19.4. The zero-order chi connectivity index (χ0) is 15.2. The number of rotatable bonds is 2. The largest absolute Gasteiger partial charge is 0.496 e. The van der Waals surface area contributed by atoms with Gasteiger partial charge >= 0.3 is 13.3 Å². The molecule has 1 saturated heterocycles. The van der Waals surface area contributed by atoms with Gasteiger partial charge < -0.3 is 14.2 Å². The van der Waals surface area contributed by atoms with Crippen LogP contribution in [0.25, 0.3) is 0 Å². The topological polar surface area (TPSA) is 21.7 Å². The zero-order valence-corrected chi connectivity index (χ0v) is 12.1. The summed E-state index contributed by atoms with van der Waals surface area (Å²) in [4.78, 5) is 1.21. The fraction of sp³-hybridized carbons (Fsp3) is 0.692. The van der Waals surface area contributed by atoms with Crippen molar-refractivity contribution in [2.45, 2.75) is 45.1 Å². The summed E-state index contributed by atoms with van der Waals surface area (Å²) in [5.41, 5.74) is -0.392. The van der Waals surface area contributed by atoms with Gasteiger partial charge in [0, 0.05) is 6.54 Å². The van der Waals surface area contributed by atoms with E-state index in [9.17, 15) is 13.2 Å². The van der Waals surface area contributed by atoms with Crippen molar-refractivity contribution in [3.63, 3.8) is 0 Å². The summed E-state index contributed by atoms with van der Waals surface area (Å²) in [6, 6.07) is 0. The monoisotopic (exact) mass is 289 g/mol. The van der Waals surface area contributed by atoms with Crippen LogP contribution >= 0.6 is 0 Å². The van der Waals surface area contributed by atoms with Crippen LogP contribution in [0.1, 0.15) is 27.7 Å². The number of nitrogens with zero attached hydrogens (tertiary/aromatic N) is 1. The van der Waals surface area contributed by atoms with Gasteiger partial charge in [-0.25, -0.2) is 0 Å². The molecular weight excluding hydrogens is 270 g/mol. The Labute approximate surface area is 117 Å². The van der Waals surface area contributed by atoms with Gasteiger partial charge in [-0.15, -0.1) is 0 Å². The van der Waals surface area contributed by atoms with E-state index < -0.39 is 31.0 Å². The highest BCUT2D eigenvalue weighted by molar-refractivity contribution is 6.55. The van der Waals surface area contributed by atoms with Gasteiger partial charge in [0.25, 0.3) is 0 Å². The third-order valence-electron chi connectivity index (χ3n) is 3.89. The third-order valence-corrected chi connectivity index (χ3v) is 3.89. The Bertz CT molecular complexity index is 427. The van der Waals surface area contributed by atoms with Crippen LogP contribution in [0.15, 0.2) is 23.8 Å². The lowest BCUT2D eigenvalue weighted by Crippen LogP contribution is -2.41. The summed E-state index contributed by atoms with van der Waals surface area (Å²) in [6.07, 6.45) is 0.694. The molecule has 2 aliphatic heterocycles. The first kappa shape index (κ1) is 15.4. The van der Waals surface area contributed by atoms with Crippen LogP contribution in [0, 0.1) is 0 Å². The molecule has 0 amide bonds. The highest BCUT2D eigenvalue weighted by Gasteiger charge is 2.52. The van der Waals surface area contributed by atoms with Crippen molar-refractivity contribution in [2.75, 3.05) is 13.1 Å². The van der Waals surface area contributed by atoms with Crippen LogP contribution in [0.3, 0.4) is 0 Å². The maximum Gasteiger partial charge on any atom is 0.496 e. The molecule has 0 aromatic heterocycles. The van der Waals surface area contributed by atoms with E-state index in [2.05, 4.69) is 0 Å². The van der Waals surface area contributed by atoms with E-state index in [1.165, 1.54) is 11.1 Å². The van der Waals surface area contributed by atoms with Crippen LogP contribution in [-0.2, 0) is 9.31 Å². The number of allylic oxidation sites excluding steroid dienone is 2. The molecule has 2 aliphatic rings. The summed E-state index contributed by atoms with van der Waals surface area (Å²) < 4.78 is 49.0. The molecule has 7 heteroatoms. The van der Waals surface area contributed by atoms with Crippen molar-refractivity contribution < 1.29 is 22.5 Å². The average molecular weight is 289 g/mol. The molecule has 0 N–H and O–H groups in total. The summed E-state index contributed by atoms with van der Waals surface area (Å²) in [6.45, 7) is 6.91. The van der Waals surface area contributed by atoms with Gasteiger partial charge in [0.1, 0.15) is 6.54 Å². The van der Waals surface area contributed by atoms with E-state index in [1.807, 2.05) is 27.7 Å². The van der Waals surface area contributed by atoms with Gasteiger partial charge in [0.2, 0.25) is 0 Å². The van der Waals surface area contributed by atoms with Gasteiger partial charge in [0.15, 0.2) is 0 Å². The quantitative estimate of drug-likeness (QED) is 0.730. The van der Waals surface area contributed by atoms with Gasteiger partial charge in [0.05, 0.1) is 11.2 Å². The van der Waals surface area contributed by atoms with Crippen LogP contribution in [0.4, 0.5) is 13.2 Å². The van der Waals surface area contributed by atoms with E-state index in [4.69, 9.17) is 9.31 Å². The number of halogens is 3. The minimum absolute atomic E-state index is 0.239. The highest BCUT2D eigenvalue weighted by Crippen LogP contribution is 2.39. The lowest BCUT2D eigenvalue weighted by molar-refractivity contribution is -0.139. The summed E-state index contributed by atoms with van der Waals surface area (Å²) in [7, 11) is -0.632. The Morgan fingerprint density at radius 3 is 2.25 bits per heavy atom. The molecule has 0 saturated carbocycles. The lowest BCUT2D eigenvalue weighted by atomic mass is 9.77. The zero-order valence-electron chi connectivity index (χ0n) is 12.1. The smallest absolute Gasteiger partial charge is 0.399 e. The van der Waals surface area contributed by atoms with Gasteiger partial charge in [-0.1, -0.05) is 12.2 Å². The molecule has 20 heavy (non-hydrogen) atoms. The van der Waals surface area contributed by atoms with Crippen molar-refractivity contribution in [1.29, 1.82) is 0 Å². The number of alkyl halides is 3. The van der Waals surface area contributed by atoms with Gasteiger partial charge in [-0.05, 0) is 39.4 Å². The summed E-state index contributed by atoms with van der Waals surface area (Å²) in [5, 5.41) is 0. The van der Waals surface area contributed by atoms with E-state index in [-0.39, 0.29) is 6.54 Å². The van der Waals surface area contributed by atoms with Crippen molar-refractivity contribution in [2.24, 2.45) is 0 Å². The molecule has 2 rings (SSSR count). The molecule has 0 aromatic rings. The first-order chi connectivity index (χ1) is 9.00. The second-order valence-electron chi connectivity index (χ2n) is 6.16. The predicted octanol–water partition coefficient (Wildman–Crippen LogP) is 2.94.